The molecule has 0 radical (unpaired) electrons. The van der Waals surface area contributed by atoms with E-state index in [2.05, 4.69) is 42.2 Å². The molecule has 4 aromatic heterocycles. The van der Waals surface area contributed by atoms with E-state index >= 15 is 4.39 Å². The standard InChI is InChI=1S/C22H28FN10O8PS/c1-38-14-13(35)8(40-20(14)32-6-28-11-16(24)26-5-27-17(11)32)2-3-39-42(37,43)15-10(23)9(4-34)41-21(15)33-7-29-12-18(33)30-22(25)31-19(12)36/h5-10,13-15,20-21,34-35H,2-4H2,1H3,(H,37,43)(H2,24,26,27)(H3,25,30,31,36)/t8-,9-,10-,13-,14-,15-,20-,21-,42?/m1/s1. The van der Waals surface area contributed by atoms with Crippen molar-refractivity contribution in [2.45, 2.75) is 55.1 Å². The van der Waals surface area contributed by atoms with E-state index in [1.165, 1.54) is 24.3 Å². The van der Waals surface area contributed by atoms with Crippen molar-refractivity contribution in [1.29, 1.82) is 0 Å². The zero-order valence-corrected chi connectivity index (χ0v) is 24.2. The molecule has 0 bridgehead atoms. The van der Waals surface area contributed by atoms with Crippen molar-refractivity contribution in [3.63, 3.8) is 0 Å². The zero-order valence-electron chi connectivity index (χ0n) is 22.4. The second kappa shape index (κ2) is 11.4. The van der Waals surface area contributed by atoms with Crippen molar-refractivity contribution in [3.05, 3.63) is 29.3 Å². The third-order valence-corrected chi connectivity index (χ3v) is 10.5. The summed E-state index contributed by atoms with van der Waals surface area (Å²) < 4.78 is 55.0. The fourth-order valence-corrected chi connectivity index (χ4v) is 8.03. The van der Waals surface area contributed by atoms with Crippen LogP contribution in [0.4, 0.5) is 16.2 Å². The maximum atomic E-state index is 15.6. The summed E-state index contributed by atoms with van der Waals surface area (Å²) in [4.78, 5) is 34.9. The monoisotopic (exact) mass is 642 g/mol. The average molecular weight is 643 g/mol. The summed E-state index contributed by atoms with van der Waals surface area (Å²) in [6.45, 7) is -5.18. The van der Waals surface area contributed by atoms with Gasteiger partial charge in [0.2, 0.25) is 5.95 Å². The molecule has 43 heavy (non-hydrogen) atoms. The maximum Gasteiger partial charge on any atom is 0.280 e. The smallest absolute Gasteiger partial charge is 0.280 e. The minimum Gasteiger partial charge on any atom is -0.394 e. The van der Waals surface area contributed by atoms with E-state index in [4.69, 9.17) is 30.2 Å². The first-order valence-electron chi connectivity index (χ1n) is 12.9. The van der Waals surface area contributed by atoms with E-state index < -0.39 is 67.4 Å². The molecule has 6 rings (SSSR count). The number of ether oxygens (including phenoxy) is 3. The Morgan fingerprint density at radius 3 is 2.53 bits per heavy atom. The van der Waals surface area contributed by atoms with Crippen LogP contribution in [0, 0.1) is 0 Å². The fraction of sp³-hybridized carbons (Fsp3) is 0.545. The zero-order chi connectivity index (χ0) is 30.6. The third kappa shape index (κ3) is 5.06. The first kappa shape index (κ1) is 29.8. The number of rotatable bonds is 9. The Morgan fingerprint density at radius 1 is 1.12 bits per heavy atom. The number of nitrogens with one attached hydrogen (secondary N) is 1. The summed E-state index contributed by atoms with van der Waals surface area (Å²) >= 11 is 4.22. The van der Waals surface area contributed by atoms with Gasteiger partial charge in [-0.15, -0.1) is 0 Å². The van der Waals surface area contributed by atoms with Crippen LogP contribution in [-0.4, -0.2) is 106 Å². The number of nitrogen functional groups attached to an aromatic ring is 2. The number of H-pyrrole nitrogens is 1. The van der Waals surface area contributed by atoms with Crippen LogP contribution in [0.15, 0.2) is 23.8 Å². The molecule has 0 amide bonds. The first-order chi connectivity index (χ1) is 20.6. The number of nitrogens with zero attached hydrogens (tertiary/aromatic N) is 7. The van der Waals surface area contributed by atoms with Crippen molar-refractivity contribution in [1.82, 2.24) is 39.0 Å². The number of aliphatic hydroxyl groups is 2. The number of anilines is 2. The van der Waals surface area contributed by atoms with Gasteiger partial charge in [-0.05, 0) is 0 Å². The molecule has 0 aromatic carbocycles. The molecule has 21 heteroatoms. The SMILES string of the molecule is CO[C@@H]1[C@H](O)[C@@H](CCOP(=O)(S)[C@@H]2[C@H](F)[C@@H](CO)O[C@H]2n2cnc3c(=O)[nH]c(N)nc32)O[C@H]1n1cnc2c(N)ncnc21. The number of thiol groups is 1. The molecule has 6 heterocycles. The Labute approximate surface area is 246 Å². The van der Waals surface area contributed by atoms with Crippen LogP contribution in [0.25, 0.3) is 22.3 Å². The summed E-state index contributed by atoms with van der Waals surface area (Å²) in [5.74, 6) is -0.0544. The van der Waals surface area contributed by atoms with E-state index in [0.29, 0.717) is 11.2 Å². The lowest BCUT2D eigenvalue weighted by Gasteiger charge is -2.26. The Bertz CT molecular complexity index is 1760. The average Bonchev–Trinajstić information content (AvgIpc) is 3.72. The molecule has 0 spiro atoms. The number of halogens is 1. The summed E-state index contributed by atoms with van der Waals surface area (Å²) in [5.41, 5.74) is 9.93. The summed E-state index contributed by atoms with van der Waals surface area (Å²) in [7, 11) is 1.41. The van der Waals surface area contributed by atoms with Gasteiger partial charge in [0.25, 0.3) is 12.1 Å². The third-order valence-electron chi connectivity index (χ3n) is 7.49. The van der Waals surface area contributed by atoms with Gasteiger partial charge in [-0.25, -0.2) is 24.3 Å². The molecule has 2 aliphatic rings. The van der Waals surface area contributed by atoms with Crippen LogP contribution >= 0.6 is 18.8 Å². The van der Waals surface area contributed by atoms with Gasteiger partial charge in [-0.1, -0.05) is 12.2 Å². The molecule has 1 unspecified atom stereocenters. The lowest BCUT2D eigenvalue weighted by molar-refractivity contribution is -0.0517. The number of nitrogens with two attached hydrogens (primary N) is 2. The number of methoxy groups -OCH3 is 1. The van der Waals surface area contributed by atoms with Gasteiger partial charge in [0, 0.05) is 13.5 Å². The first-order valence-corrected chi connectivity index (χ1v) is 15.8. The van der Waals surface area contributed by atoms with Crippen LogP contribution in [0.2, 0.25) is 0 Å². The normalized spacial score (nSPS) is 30.8. The highest BCUT2D eigenvalue weighted by Gasteiger charge is 2.55. The second-order valence-electron chi connectivity index (χ2n) is 9.98. The number of hydrogen-bond acceptors (Lipinski definition) is 15. The molecule has 18 nitrogen and oxygen atoms in total. The predicted molar refractivity (Wildman–Crippen MR) is 150 cm³/mol. The summed E-state index contributed by atoms with van der Waals surface area (Å²) in [6.07, 6.45) is -4.53. The van der Waals surface area contributed by atoms with Gasteiger partial charge in [0.1, 0.15) is 42.0 Å². The van der Waals surface area contributed by atoms with Gasteiger partial charge < -0.3 is 40.4 Å². The highest BCUT2D eigenvalue weighted by Crippen LogP contribution is 2.64. The van der Waals surface area contributed by atoms with Crippen molar-refractivity contribution in [2.75, 3.05) is 31.8 Å². The van der Waals surface area contributed by atoms with Gasteiger partial charge in [-0.3, -0.25) is 23.5 Å². The Balaban J connectivity index is 1.20. The summed E-state index contributed by atoms with van der Waals surface area (Å²) in [5, 5.41) is 20.7. The summed E-state index contributed by atoms with van der Waals surface area (Å²) in [6, 6.07) is 0. The van der Waals surface area contributed by atoms with E-state index in [9.17, 15) is 19.6 Å². The molecule has 7 N–H and O–H groups in total. The second-order valence-corrected chi connectivity index (χ2v) is 13.6. The van der Waals surface area contributed by atoms with Gasteiger partial charge in [0.05, 0.1) is 32.0 Å². The van der Waals surface area contributed by atoms with Crippen molar-refractivity contribution < 1.29 is 37.9 Å². The van der Waals surface area contributed by atoms with Gasteiger partial charge >= 0.3 is 0 Å². The largest absolute Gasteiger partial charge is 0.394 e. The molecular weight excluding hydrogens is 614 g/mol. The Hall–Kier alpha value is -3.23. The van der Waals surface area contributed by atoms with Gasteiger partial charge in [-0.2, -0.15) is 4.98 Å². The molecule has 0 saturated carbocycles. The number of aromatic amines is 1. The maximum absolute atomic E-state index is 15.6. The van der Waals surface area contributed by atoms with Crippen LogP contribution in [-0.2, 0) is 23.3 Å². The van der Waals surface area contributed by atoms with Crippen molar-refractivity contribution in [2.24, 2.45) is 0 Å². The number of hydrogen-bond donors (Lipinski definition) is 6. The van der Waals surface area contributed by atoms with Crippen LogP contribution in [0.5, 0.6) is 0 Å². The van der Waals surface area contributed by atoms with E-state index in [1.54, 1.807) is 4.57 Å². The van der Waals surface area contributed by atoms with Crippen LogP contribution < -0.4 is 17.0 Å². The van der Waals surface area contributed by atoms with Gasteiger partial charge in [0.15, 0.2) is 35.1 Å². The lowest BCUT2D eigenvalue weighted by Crippen LogP contribution is -2.34. The number of aliphatic hydroxyl groups excluding tert-OH is 2. The van der Waals surface area contributed by atoms with E-state index in [-0.39, 0.29) is 36.0 Å². The van der Waals surface area contributed by atoms with Crippen molar-refractivity contribution in [3.8, 4) is 0 Å². The number of imidazole rings is 2. The van der Waals surface area contributed by atoms with Crippen molar-refractivity contribution >= 4 is 52.9 Å². The quantitative estimate of drug-likeness (QED) is 0.0996. The Morgan fingerprint density at radius 2 is 1.81 bits per heavy atom. The fourth-order valence-electron chi connectivity index (χ4n) is 5.43. The highest BCUT2D eigenvalue weighted by atomic mass is 32.7. The Kier molecular flexibility index (Phi) is 7.88. The lowest BCUT2D eigenvalue weighted by atomic mass is 10.1. The minimum absolute atomic E-state index is 0.00588. The molecule has 232 valence electrons. The predicted octanol–water partition coefficient (Wildman–Crippen LogP) is -0.477. The molecule has 2 fully saturated rings. The van der Waals surface area contributed by atoms with E-state index in [1.807, 2.05) is 0 Å². The topological polar surface area (TPSA) is 254 Å². The van der Waals surface area contributed by atoms with Crippen LogP contribution in [0.3, 0.4) is 0 Å². The molecule has 0 aliphatic carbocycles. The number of aromatic nitrogens is 8. The number of alkyl halides is 1. The minimum atomic E-state index is -4.17. The number of fused-ring (bicyclic) bond motifs is 2. The molecule has 4 aromatic rings. The van der Waals surface area contributed by atoms with Crippen LogP contribution in [0.1, 0.15) is 18.9 Å². The molecule has 9 atom stereocenters. The highest BCUT2D eigenvalue weighted by molar-refractivity contribution is 8.46. The molecular formula is C22H28FN10O8PS. The molecule has 2 aliphatic heterocycles. The van der Waals surface area contributed by atoms with E-state index in [0.717, 1.165) is 6.33 Å². The molecule has 2 saturated heterocycles.